The van der Waals surface area contributed by atoms with E-state index in [1.54, 1.807) is 6.33 Å². The lowest BCUT2D eigenvalue weighted by Gasteiger charge is -2.39. The minimum atomic E-state index is -0.768. The zero-order valence-electron chi connectivity index (χ0n) is 13.2. The minimum absolute atomic E-state index is 0.0371. The number of nitrogens with zero attached hydrogens (tertiary/aromatic N) is 4. The molecule has 7 heteroatoms. The first-order valence-electron chi connectivity index (χ1n) is 7.93. The Bertz CT molecular complexity index is 554. The van der Waals surface area contributed by atoms with E-state index in [1.807, 2.05) is 16.5 Å². The zero-order valence-corrected chi connectivity index (χ0v) is 13.2. The van der Waals surface area contributed by atoms with E-state index in [4.69, 9.17) is 0 Å². The van der Waals surface area contributed by atoms with E-state index in [-0.39, 0.29) is 23.8 Å². The van der Waals surface area contributed by atoms with Crippen LogP contribution >= 0.6 is 0 Å². The number of hydrogen-bond acceptors (Lipinski definition) is 4. The van der Waals surface area contributed by atoms with E-state index >= 15 is 0 Å². The molecule has 0 radical (unpaired) electrons. The second-order valence-corrected chi connectivity index (χ2v) is 6.58. The Morgan fingerprint density at radius 1 is 1.32 bits per heavy atom. The highest BCUT2D eigenvalue weighted by molar-refractivity contribution is 5.91. The van der Waals surface area contributed by atoms with Crippen LogP contribution in [0.15, 0.2) is 12.7 Å². The lowest BCUT2D eigenvalue weighted by molar-refractivity contribution is -0.143. The predicted octanol–water partition coefficient (Wildman–Crippen LogP) is 0.746. The summed E-state index contributed by atoms with van der Waals surface area (Å²) in [5.41, 5.74) is -0.768. The van der Waals surface area contributed by atoms with Crippen molar-refractivity contribution in [1.82, 2.24) is 25.0 Å². The number of likely N-dealkylation sites (tertiary alicyclic amines) is 1. The minimum Gasteiger partial charge on any atom is -0.342 e. The largest absolute Gasteiger partial charge is 0.342 e. The number of hydrogen-bond donors (Lipinski definition) is 1. The standard InChI is InChI=1S/C15H23N5O2/c1-11(21)18-15(2,12-5-6-12)14(22)19-7-3-4-13(8-19)20-10-16-9-17-20/h9-10,12-13H,3-8H2,1-2H3,(H,18,21)/t13-,15-/m0/s1. The van der Waals surface area contributed by atoms with E-state index in [0.717, 1.165) is 32.2 Å². The molecule has 3 rings (SSSR count). The van der Waals surface area contributed by atoms with Gasteiger partial charge in [-0.3, -0.25) is 9.59 Å². The Balaban J connectivity index is 1.74. The molecule has 2 aliphatic rings. The maximum atomic E-state index is 13.0. The molecule has 2 heterocycles. The summed E-state index contributed by atoms with van der Waals surface area (Å²) in [6.07, 6.45) is 7.16. The van der Waals surface area contributed by atoms with Gasteiger partial charge in [0.1, 0.15) is 18.2 Å². The molecule has 0 unspecified atom stereocenters. The molecular formula is C15H23N5O2. The van der Waals surface area contributed by atoms with Crippen LogP contribution in [0.2, 0.25) is 0 Å². The number of carbonyl (C=O) groups excluding carboxylic acids is 2. The first-order chi connectivity index (χ1) is 10.5. The highest BCUT2D eigenvalue weighted by Gasteiger charge is 2.50. The molecule has 7 nitrogen and oxygen atoms in total. The molecule has 1 aromatic heterocycles. The Morgan fingerprint density at radius 2 is 2.09 bits per heavy atom. The van der Waals surface area contributed by atoms with Crippen molar-refractivity contribution < 1.29 is 9.59 Å². The molecule has 1 aliphatic carbocycles. The molecule has 0 spiro atoms. The SMILES string of the molecule is CC(=O)N[C@](C)(C(=O)N1CCC[C@H](n2cncn2)C1)C1CC1. The van der Waals surface area contributed by atoms with Gasteiger partial charge in [0.15, 0.2) is 0 Å². The summed E-state index contributed by atoms with van der Waals surface area (Å²) in [6.45, 7) is 4.71. The normalized spacial score (nSPS) is 24.6. The third-order valence-electron chi connectivity index (χ3n) is 4.77. The van der Waals surface area contributed by atoms with Gasteiger partial charge in [0, 0.05) is 20.0 Å². The van der Waals surface area contributed by atoms with Crippen molar-refractivity contribution in [3.8, 4) is 0 Å². The Morgan fingerprint density at radius 3 is 2.68 bits per heavy atom. The molecule has 2 fully saturated rings. The van der Waals surface area contributed by atoms with Crippen molar-refractivity contribution in [2.45, 2.75) is 51.1 Å². The van der Waals surface area contributed by atoms with Gasteiger partial charge >= 0.3 is 0 Å². The topological polar surface area (TPSA) is 80.1 Å². The Hall–Kier alpha value is -1.92. The number of aromatic nitrogens is 3. The first kappa shape index (κ1) is 15.0. The monoisotopic (exact) mass is 305 g/mol. The second kappa shape index (κ2) is 5.70. The molecule has 0 aromatic carbocycles. The number of rotatable bonds is 4. The number of amides is 2. The molecule has 1 aliphatic heterocycles. The summed E-state index contributed by atoms with van der Waals surface area (Å²) in [5.74, 6) is 0.151. The molecule has 1 aromatic rings. The van der Waals surface area contributed by atoms with Crippen LogP contribution in [0.5, 0.6) is 0 Å². The fourth-order valence-corrected chi connectivity index (χ4v) is 3.45. The van der Waals surface area contributed by atoms with Gasteiger partial charge in [0.05, 0.1) is 6.04 Å². The lowest BCUT2D eigenvalue weighted by atomic mass is 9.92. The van der Waals surface area contributed by atoms with Gasteiger partial charge < -0.3 is 10.2 Å². The summed E-state index contributed by atoms with van der Waals surface area (Å²) in [4.78, 5) is 30.4. The number of piperidine rings is 1. The van der Waals surface area contributed by atoms with Crippen LogP contribution in [-0.4, -0.2) is 50.1 Å². The molecule has 2 amide bonds. The molecule has 22 heavy (non-hydrogen) atoms. The fraction of sp³-hybridized carbons (Fsp3) is 0.733. The quantitative estimate of drug-likeness (QED) is 0.890. The fourth-order valence-electron chi connectivity index (χ4n) is 3.45. The average molecular weight is 305 g/mol. The van der Waals surface area contributed by atoms with Gasteiger partial charge in [0.2, 0.25) is 11.8 Å². The van der Waals surface area contributed by atoms with Gasteiger partial charge in [-0.05, 0) is 38.5 Å². The van der Waals surface area contributed by atoms with Crippen molar-refractivity contribution in [2.75, 3.05) is 13.1 Å². The second-order valence-electron chi connectivity index (χ2n) is 6.58. The Kier molecular flexibility index (Phi) is 3.88. The predicted molar refractivity (Wildman–Crippen MR) is 79.8 cm³/mol. The van der Waals surface area contributed by atoms with Gasteiger partial charge in [-0.1, -0.05) is 0 Å². The summed E-state index contributed by atoms with van der Waals surface area (Å²) in [5, 5.41) is 7.09. The highest BCUT2D eigenvalue weighted by Crippen LogP contribution is 2.41. The molecular weight excluding hydrogens is 282 g/mol. The van der Waals surface area contributed by atoms with Gasteiger partial charge in [0.25, 0.3) is 0 Å². The summed E-state index contributed by atoms with van der Waals surface area (Å²) in [7, 11) is 0. The van der Waals surface area contributed by atoms with Crippen molar-refractivity contribution in [1.29, 1.82) is 0 Å². The summed E-state index contributed by atoms with van der Waals surface area (Å²) < 4.78 is 1.83. The van der Waals surface area contributed by atoms with Crippen molar-refractivity contribution in [3.63, 3.8) is 0 Å². The average Bonchev–Trinajstić information content (AvgIpc) is 3.22. The number of nitrogens with one attached hydrogen (secondary N) is 1. The molecule has 1 saturated heterocycles. The van der Waals surface area contributed by atoms with E-state index < -0.39 is 5.54 Å². The number of carbonyl (C=O) groups is 2. The molecule has 1 N–H and O–H groups in total. The maximum absolute atomic E-state index is 13.0. The van der Waals surface area contributed by atoms with E-state index in [9.17, 15) is 9.59 Å². The van der Waals surface area contributed by atoms with E-state index in [1.165, 1.54) is 13.3 Å². The third kappa shape index (κ3) is 2.84. The van der Waals surface area contributed by atoms with Crippen LogP contribution in [0, 0.1) is 5.92 Å². The highest BCUT2D eigenvalue weighted by atomic mass is 16.2. The van der Waals surface area contributed by atoms with Crippen LogP contribution in [0.3, 0.4) is 0 Å². The van der Waals surface area contributed by atoms with Gasteiger partial charge in [-0.15, -0.1) is 0 Å². The Labute approximate surface area is 130 Å². The van der Waals surface area contributed by atoms with Crippen LogP contribution in [0.25, 0.3) is 0 Å². The van der Waals surface area contributed by atoms with Crippen LogP contribution in [0.1, 0.15) is 45.6 Å². The molecule has 2 atom stereocenters. The lowest BCUT2D eigenvalue weighted by Crippen LogP contribution is -2.60. The maximum Gasteiger partial charge on any atom is 0.248 e. The van der Waals surface area contributed by atoms with Gasteiger partial charge in [-0.2, -0.15) is 5.10 Å². The van der Waals surface area contributed by atoms with Crippen LogP contribution < -0.4 is 5.32 Å². The molecule has 1 saturated carbocycles. The van der Waals surface area contributed by atoms with Crippen LogP contribution in [-0.2, 0) is 9.59 Å². The molecule has 0 bridgehead atoms. The summed E-state index contributed by atoms with van der Waals surface area (Å²) >= 11 is 0. The van der Waals surface area contributed by atoms with Crippen LogP contribution in [0.4, 0.5) is 0 Å². The smallest absolute Gasteiger partial charge is 0.248 e. The third-order valence-corrected chi connectivity index (χ3v) is 4.77. The van der Waals surface area contributed by atoms with Crippen molar-refractivity contribution in [2.24, 2.45) is 5.92 Å². The molecule has 120 valence electrons. The first-order valence-corrected chi connectivity index (χ1v) is 7.93. The van der Waals surface area contributed by atoms with E-state index in [0.29, 0.717) is 6.54 Å². The van der Waals surface area contributed by atoms with Crippen molar-refractivity contribution >= 4 is 11.8 Å². The zero-order chi connectivity index (χ0) is 15.7. The summed E-state index contributed by atoms with van der Waals surface area (Å²) in [6, 6.07) is 0.168. The van der Waals surface area contributed by atoms with Gasteiger partial charge in [-0.25, -0.2) is 9.67 Å². The van der Waals surface area contributed by atoms with Crippen molar-refractivity contribution in [3.05, 3.63) is 12.7 Å². The van der Waals surface area contributed by atoms with E-state index in [2.05, 4.69) is 15.4 Å².